The summed E-state index contributed by atoms with van der Waals surface area (Å²) < 4.78 is 5.43. The van der Waals surface area contributed by atoms with Crippen molar-refractivity contribution in [3.05, 3.63) is 58.7 Å². The maximum atomic E-state index is 12.7. The van der Waals surface area contributed by atoms with E-state index >= 15 is 0 Å². The van der Waals surface area contributed by atoms with Crippen LogP contribution in [0.2, 0.25) is 0 Å². The van der Waals surface area contributed by atoms with E-state index in [0.29, 0.717) is 17.8 Å². The summed E-state index contributed by atoms with van der Waals surface area (Å²) in [6, 6.07) is 11.6. The second-order valence-electron chi connectivity index (χ2n) is 8.48. The molecule has 3 rings (SSSR count). The molecule has 1 saturated carbocycles. The molecule has 2 N–H and O–H groups in total. The molecule has 0 aliphatic heterocycles. The second-order valence-corrected chi connectivity index (χ2v) is 8.48. The van der Waals surface area contributed by atoms with Crippen LogP contribution in [0, 0.1) is 13.8 Å². The molecule has 0 spiro atoms. The number of rotatable bonds is 8. The highest BCUT2D eigenvalue weighted by Gasteiger charge is 2.20. The fraction of sp³-hybridized carbons (Fsp3) is 0.440. The maximum Gasteiger partial charge on any atom is 0.253 e. The van der Waals surface area contributed by atoms with Gasteiger partial charge in [-0.3, -0.25) is 14.5 Å². The van der Waals surface area contributed by atoms with Gasteiger partial charge in [0, 0.05) is 12.6 Å². The Morgan fingerprint density at radius 3 is 2.39 bits per heavy atom. The molecule has 31 heavy (non-hydrogen) atoms. The van der Waals surface area contributed by atoms with E-state index in [4.69, 9.17) is 4.74 Å². The van der Waals surface area contributed by atoms with Gasteiger partial charge in [0.2, 0.25) is 5.91 Å². The average Bonchev–Trinajstić information content (AvgIpc) is 3.21. The molecule has 2 aromatic rings. The molecule has 2 amide bonds. The molecule has 6 nitrogen and oxygen atoms in total. The van der Waals surface area contributed by atoms with Gasteiger partial charge in [0.25, 0.3) is 5.91 Å². The number of likely N-dealkylation sites (N-methyl/N-ethyl adjacent to an activating group) is 1. The van der Waals surface area contributed by atoms with Crippen molar-refractivity contribution in [3.63, 3.8) is 0 Å². The van der Waals surface area contributed by atoms with E-state index in [1.54, 1.807) is 19.2 Å². The van der Waals surface area contributed by atoms with Crippen LogP contribution in [0.5, 0.6) is 5.75 Å². The maximum absolute atomic E-state index is 12.7. The summed E-state index contributed by atoms with van der Waals surface area (Å²) in [5.74, 6) is 0.627. The zero-order valence-electron chi connectivity index (χ0n) is 19.0. The first-order valence-electron chi connectivity index (χ1n) is 10.9. The first-order chi connectivity index (χ1) is 14.9. The lowest BCUT2D eigenvalue weighted by atomic mass is 10.1. The Hall–Kier alpha value is -2.86. The Morgan fingerprint density at radius 1 is 1.10 bits per heavy atom. The largest absolute Gasteiger partial charge is 0.496 e. The van der Waals surface area contributed by atoms with Crippen LogP contribution in [-0.4, -0.2) is 43.5 Å². The molecule has 1 aliphatic carbocycles. The molecular formula is C25H33N3O3. The third-order valence-electron chi connectivity index (χ3n) is 5.73. The SMILES string of the molecule is COc1c(C)cc(CN(C)CC(=O)Nc2ccccc2C(=O)NC2CCCC2)cc1C. The van der Waals surface area contributed by atoms with Gasteiger partial charge in [0.05, 0.1) is 24.9 Å². The van der Waals surface area contributed by atoms with Gasteiger partial charge in [-0.2, -0.15) is 0 Å². The molecule has 2 aromatic carbocycles. The van der Waals surface area contributed by atoms with Crippen molar-refractivity contribution >= 4 is 17.5 Å². The van der Waals surface area contributed by atoms with Crippen LogP contribution in [0.4, 0.5) is 5.69 Å². The predicted octanol–water partition coefficient (Wildman–Crippen LogP) is 4.05. The number of nitrogens with one attached hydrogen (secondary N) is 2. The van der Waals surface area contributed by atoms with Crippen molar-refractivity contribution in [2.45, 2.75) is 52.1 Å². The van der Waals surface area contributed by atoms with E-state index in [1.165, 1.54) is 0 Å². The van der Waals surface area contributed by atoms with Crippen LogP contribution in [-0.2, 0) is 11.3 Å². The number of carbonyl (C=O) groups excluding carboxylic acids is 2. The number of para-hydroxylation sites is 1. The number of amides is 2. The van der Waals surface area contributed by atoms with E-state index in [0.717, 1.165) is 48.1 Å². The number of hydrogen-bond acceptors (Lipinski definition) is 4. The standard InChI is InChI=1S/C25H33N3O3/c1-17-13-19(14-18(2)24(17)31-4)15-28(3)16-23(29)27-22-12-8-7-11-21(22)25(30)26-20-9-5-6-10-20/h7-8,11-14,20H,5-6,9-10,15-16H2,1-4H3,(H,26,30)(H,27,29). The number of carbonyl (C=O) groups is 2. The predicted molar refractivity (Wildman–Crippen MR) is 124 cm³/mol. The van der Waals surface area contributed by atoms with Crippen LogP contribution in [0.1, 0.15) is 52.7 Å². The highest BCUT2D eigenvalue weighted by Crippen LogP contribution is 2.25. The normalized spacial score (nSPS) is 14.0. The molecule has 0 bridgehead atoms. The summed E-state index contributed by atoms with van der Waals surface area (Å²) in [4.78, 5) is 27.3. The third-order valence-corrected chi connectivity index (χ3v) is 5.73. The van der Waals surface area contributed by atoms with E-state index in [2.05, 4.69) is 22.8 Å². The minimum Gasteiger partial charge on any atom is -0.496 e. The van der Waals surface area contributed by atoms with E-state index in [-0.39, 0.29) is 24.4 Å². The number of hydrogen-bond donors (Lipinski definition) is 2. The van der Waals surface area contributed by atoms with E-state index in [1.807, 2.05) is 37.9 Å². The first-order valence-corrected chi connectivity index (χ1v) is 10.9. The van der Waals surface area contributed by atoms with E-state index in [9.17, 15) is 9.59 Å². The summed E-state index contributed by atoms with van der Waals surface area (Å²) in [5, 5.41) is 6.00. The Balaban J connectivity index is 1.60. The van der Waals surface area contributed by atoms with E-state index < -0.39 is 0 Å². The van der Waals surface area contributed by atoms with Crippen molar-refractivity contribution in [1.29, 1.82) is 0 Å². The molecule has 0 radical (unpaired) electrons. The average molecular weight is 424 g/mol. The van der Waals surface area contributed by atoms with Crippen LogP contribution < -0.4 is 15.4 Å². The Morgan fingerprint density at radius 2 is 1.74 bits per heavy atom. The Labute approximate surface area is 185 Å². The van der Waals surface area contributed by atoms with Crippen LogP contribution in [0.25, 0.3) is 0 Å². The van der Waals surface area contributed by atoms with Gasteiger partial charge in [0.15, 0.2) is 0 Å². The number of aryl methyl sites for hydroxylation is 2. The lowest BCUT2D eigenvalue weighted by Crippen LogP contribution is -2.34. The van der Waals surface area contributed by atoms with Crippen molar-refractivity contribution in [1.82, 2.24) is 10.2 Å². The fourth-order valence-corrected chi connectivity index (χ4v) is 4.38. The Bertz CT molecular complexity index is 912. The number of benzene rings is 2. The lowest BCUT2D eigenvalue weighted by molar-refractivity contribution is -0.117. The van der Waals surface area contributed by atoms with Gasteiger partial charge < -0.3 is 15.4 Å². The topological polar surface area (TPSA) is 70.7 Å². The van der Waals surface area contributed by atoms with Crippen molar-refractivity contribution in [2.24, 2.45) is 0 Å². The molecule has 0 aromatic heterocycles. The number of anilines is 1. The number of ether oxygens (including phenoxy) is 1. The highest BCUT2D eigenvalue weighted by molar-refractivity contribution is 6.04. The van der Waals surface area contributed by atoms with Gasteiger partial charge in [-0.05, 0) is 62.6 Å². The summed E-state index contributed by atoms with van der Waals surface area (Å²) in [6.07, 6.45) is 4.36. The van der Waals surface area contributed by atoms with Gasteiger partial charge in [-0.1, -0.05) is 37.1 Å². The van der Waals surface area contributed by atoms with Crippen LogP contribution in [0.3, 0.4) is 0 Å². The lowest BCUT2D eigenvalue weighted by Gasteiger charge is -2.19. The van der Waals surface area contributed by atoms with Crippen molar-refractivity contribution in [3.8, 4) is 5.75 Å². The molecule has 166 valence electrons. The number of methoxy groups -OCH3 is 1. The van der Waals surface area contributed by atoms with Gasteiger partial charge in [0.1, 0.15) is 5.75 Å². The summed E-state index contributed by atoms with van der Waals surface area (Å²) >= 11 is 0. The van der Waals surface area contributed by atoms with Crippen LogP contribution >= 0.6 is 0 Å². The van der Waals surface area contributed by atoms with Crippen molar-refractivity contribution in [2.75, 3.05) is 26.0 Å². The molecule has 1 aliphatic rings. The highest BCUT2D eigenvalue weighted by atomic mass is 16.5. The third kappa shape index (κ3) is 6.07. The molecule has 0 heterocycles. The molecule has 0 atom stereocenters. The monoisotopic (exact) mass is 423 g/mol. The van der Waals surface area contributed by atoms with Gasteiger partial charge in [-0.25, -0.2) is 0 Å². The number of nitrogens with zero attached hydrogens (tertiary/aromatic N) is 1. The summed E-state index contributed by atoms with van der Waals surface area (Å²) in [5.41, 5.74) is 4.34. The van der Waals surface area contributed by atoms with Gasteiger partial charge in [-0.15, -0.1) is 0 Å². The quantitative estimate of drug-likeness (QED) is 0.672. The Kier molecular flexibility index (Phi) is 7.69. The summed E-state index contributed by atoms with van der Waals surface area (Å²) in [7, 11) is 3.59. The zero-order valence-corrected chi connectivity index (χ0v) is 19.0. The van der Waals surface area contributed by atoms with Gasteiger partial charge >= 0.3 is 0 Å². The minimum absolute atomic E-state index is 0.125. The molecule has 6 heteroatoms. The molecule has 0 unspecified atom stereocenters. The first kappa shape index (κ1) is 22.8. The molecular weight excluding hydrogens is 390 g/mol. The molecule has 0 saturated heterocycles. The smallest absolute Gasteiger partial charge is 0.253 e. The second kappa shape index (κ2) is 10.4. The zero-order chi connectivity index (χ0) is 22.4. The van der Waals surface area contributed by atoms with Crippen LogP contribution in [0.15, 0.2) is 36.4 Å². The molecule has 1 fully saturated rings. The minimum atomic E-state index is -0.148. The fourth-order valence-electron chi connectivity index (χ4n) is 4.38. The van der Waals surface area contributed by atoms with Crippen molar-refractivity contribution < 1.29 is 14.3 Å². The summed E-state index contributed by atoms with van der Waals surface area (Å²) in [6.45, 7) is 4.91.